The van der Waals surface area contributed by atoms with Crippen LogP contribution in [-0.2, 0) is 11.3 Å². The maximum absolute atomic E-state index is 11.6. The number of aromatic nitrogens is 2. The summed E-state index contributed by atoms with van der Waals surface area (Å²) in [6.07, 6.45) is -0.348. The van der Waals surface area contributed by atoms with Gasteiger partial charge in [-0.05, 0) is 32.9 Å². The third kappa shape index (κ3) is 3.68. The summed E-state index contributed by atoms with van der Waals surface area (Å²) in [4.78, 5) is 19.0. The highest BCUT2D eigenvalue weighted by molar-refractivity contribution is 6.34. The molecule has 1 aromatic carbocycles. The smallest absolute Gasteiger partial charge is 0.414 e. The van der Waals surface area contributed by atoms with E-state index in [0.29, 0.717) is 17.4 Å². The molecule has 1 heterocycles. The second-order valence-electron chi connectivity index (χ2n) is 5.26. The van der Waals surface area contributed by atoms with Crippen molar-refractivity contribution in [2.45, 2.75) is 32.9 Å². The molecule has 2 aromatic rings. The molecule has 3 N–H and O–H groups in total. The van der Waals surface area contributed by atoms with Gasteiger partial charge in [-0.15, -0.1) is 0 Å². The fourth-order valence-corrected chi connectivity index (χ4v) is 1.89. The predicted molar refractivity (Wildman–Crippen MR) is 73.0 cm³/mol. The molecule has 0 aliphatic carbocycles. The maximum atomic E-state index is 11.6. The third-order valence-electron chi connectivity index (χ3n) is 2.38. The number of nitrogens with zero attached hydrogens (tertiary/aromatic N) is 1. The van der Waals surface area contributed by atoms with Gasteiger partial charge >= 0.3 is 6.09 Å². The Balaban J connectivity index is 2.02. The van der Waals surface area contributed by atoms with Crippen molar-refractivity contribution < 1.29 is 14.8 Å². The van der Waals surface area contributed by atoms with Gasteiger partial charge in [-0.25, -0.2) is 10.3 Å². The van der Waals surface area contributed by atoms with Crippen LogP contribution in [0.3, 0.4) is 0 Å². The number of nitrogens with one attached hydrogen (secondary N) is 1. The van der Waals surface area contributed by atoms with E-state index < -0.39 is 5.60 Å². The molecule has 102 valence electrons. The first kappa shape index (κ1) is 13.8. The number of aromatic amines is 1. The quantitative estimate of drug-likeness (QED) is 0.887. The Morgan fingerprint density at radius 1 is 1.47 bits per heavy atom. The topological polar surface area (TPSA) is 71.6 Å². The molecule has 0 radical (unpaired) electrons. The van der Waals surface area contributed by atoms with Gasteiger partial charge < -0.3 is 9.72 Å². The number of quaternary nitrogens is 1. The summed E-state index contributed by atoms with van der Waals surface area (Å²) in [6.45, 7) is 5.89. The number of benzene rings is 1. The number of amides is 1. The number of carbonyl (C=O) groups excluding carboxylic acids is 1. The van der Waals surface area contributed by atoms with E-state index in [9.17, 15) is 4.79 Å². The molecule has 0 aliphatic heterocycles. The number of primary amides is 1. The molecule has 6 heteroatoms. The molecule has 0 fully saturated rings. The molecule has 2 rings (SSSR count). The minimum atomic E-state index is -0.481. The van der Waals surface area contributed by atoms with Crippen molar-refractivity contribution in [3.8, 4) is 0 Å². The second kappa shape index (κ2) is 5.19. The van der Waals surface area contributed by atoms with Crippen molar-refractivity contribution in [3.63, 3.8) is 0 Å². The molecule has 1 aromatic heterocycles. The number of carbonyl (C=O) groups is 1. The van der Waals surface area contributed by atoms with Crippen molar-refractivity contribution in [3.05, 3.63) is 29.0 Å². The number of fused-ring (bicyclic) bond motifs is 1. The molecule has 0 aliphatic rings. The van der Waals surface area contributed by atoms with Crippen molar-refractivity contribution in [1.29, 1.82) is 0 Å². The number of rotatable bonds is 2. The lowest BCUT2D eigenvalue weighted by atomic mass is 10.2. The molecular formula is C13H17ClN3O2+. The van der Waals surface area contributed by atoms with Gasteiger partial charge in [-0.2, -0.15) is 4.79 Å². The standard InChI is InChI=1S/C13H16ClN3O2/c1-13(2,3)19-12(18)15-7-10-16-9-6-4-5-8(14)11(9)17-10/h4-6H,7H2,1-3H3,(H,15,18)(H,16,17)/p+1. The number of hydrogen-bond acceptors (Lipinski definition) is 3. The molecular weight excluding hydrogens is 266 g/mol. The minimum absolute atomic E-state index is 0.348. The van der Waals surface area contributed by atoms with E-state index in [2.05, 4.69) is 9.97 Å². The average molecular weight is 283 g/mol. The third-order valence-corrected chi connectivity index (χ3v) is 2.69. The summed E-state index contributed by atoms with van der Waals surface area (Å²) in [5.74, 6) is 0.689. The Bertz CT molecular complexity index is 601. The molecule has 5 nitrogen and oxygen atoms in total. The van der Waals surface area contributed by atoms with Gasteiger partial charge in [0.2, 0.25) is 0 Å². The van der Waals surface area contributed by atoms with E-state index in [4.69, 9.17) is 16.3 Å². The summed E-state index contributed by atoms with van der Waals surface area (Å²) < 4.78 is 5.20. The lowest BCUT2D eigenvalue weighted by molar-refractivity contribution is -0.590. The first-order chi connectivity index (χ1) is 8.85. The van der Waals surface area contributed by atoms with Crippen LogP contribution in [0.5, 0.6) is 0 Å². The Labute approximate surface area is 116 Å². The van der Waals surface area contributed by atoms with Gasteiger partial charge in [0.1, 0.15) is 17.7 Å². The van der Waals surface area contributed by atoms with Crippen LogP contribution in [0.15, 0.2) is 18.2 Å². The first-order valence-electron chi connectivity index (χ1n) is 6.04. The summed E-state index contributed by atoms with van der Waals surface area (Å²) in [6, 6.07) is 5.53. The van der Waals surface area contributed by atoms with E-state index in [1.807, 2.05) is 32.9 Å². The highest BCUT2D eigenvalue weighted by Gasteiger charge is 2.19. The van der Waals surface area contributed by atoms with Crippen LogP contribution in [0.1, 0.15) is 26.6 Å². The van der Waals surface area contributed by atoms with Gasteiger partial charge in [-0.1, -0.05) is 17.7 Å². The summed E-state index contributed by atoms with van der Waals surface area (Å²) in [5, 5.41) is 2.06. The van der Waals surface area contributed by atoms with Crippen LogP contribution in [-0.4, -0.2) is 21.7 Å². The van der Waals surface area contributed by atoms with Crippen molar-refractivity contribution in [2.75, 3.05) is 0 Å². The molecule has 1 amide bonds. The number of para-hydroxylation sites is 1. The monoisotopic (exact) mass is 282 g/mol. The van der Waals surface area contributed by atoms with E-state index in [-0.39, 0.29) is 6.09 Å². The van der Waals surface area contributed by atoms with Crippen LogP contribution in [0.25, 0.3) is 11.0 Å². The van der Waals surface area contributed by atoms with Crippen LogP contribution < -0.4 is 5.32 Å². The Kier molecular flexibility index (Phi) is 3.78. The van der Waals surface area contributed by atoms with Crippen LogP contribution >= 0.6 is 11.6 Å². The fourth-order valence-electron chi connectivity index (χ4n) is 1.67. The molecule has 0 saturated heterocycles. The highest BCUT2D eigenvalue weighted by atomic mass is 35.5. The first-order valence-corrected chi connectivity index (χ1v) is 6.42. The zero-order valence-electron chi connectivity index (χ0n) is 11.2. The second-order valence-corrected chi connectivity index (χ2v) is 5.67. The molecule has 0 spiro atoms. The summed E-state index contributed by atoms with van der Waals surface area (Å²) >= 11 is 6.04. The van der Waals surface area contributed by atoms with Crippen molar-refractivity contribution in [1.82, 2.24) is 9.97 Å². The summed E-state index contributed by atoms with van der Waals surface area (Å²) in [7, 11) is 0. The lowest BCUT2D eigenvalue weighted by Crippen LogP contribution is -2.87. The van der Waals surface area contributed by atoms with Gasteiger partial charge in [0.25, 0.3) is 0 Å². The Morgan fingerprint density at radius 3 is 2.84 bits per heavy atom. The number of halogens is 1. The summed E-state index contributed by atoms with van der Waals surface area (Å²) in [5.41, 5.74) is 1.10. The molecule has 19 heavy (non-hydrogen) atoms. The van der Waals surface area contributed by atoms with Gasteiger partial charge in [0, 0.05) is 0 Å². The maximum Gasteiger partial charge on any atom is 0.513 e. The van der Waals surface area contributed by atoms with Gasteiger partial charge in [-0.3, -0.25) is 0 Å². The van der Waals surface area contributed by atoms with E-state index in [0.717, 1.165) is 11.0 Å². The van der Waals surface area contributed by atoms with E-state index >= 15 is 0 Å². The number of hydrogen-bond donors (Lipinski definition) is 2. The number of imidazole rings is 1. The van der Waals surface area contributed by atoms with E-state index in [1.165, 1.54) is 5.32 Å². The van der Waals surface area contributed by atoms with Crippen molar-refractivity contribution >= 4 is 28.7 Å². The van der Waals surface area contributed by atoms with Gasteiger partial charge in [0.05, 0.1) is 10.5 Å². The van der Waals surface area contributed by atoms with Crippen LogP contribution in [0.2, 0.25) is 5.02 Å². The molecule has 0 atom stereocenters. The number of ether oxygens (including phenoxy) is 1. The SMILES string of the molecule is CC(C)(C)OC(=O)[NH2+]Cc1nc2c(Cl)cccc2[nH]1. The van der Waals surface area contributed by atoms with Crippen LogP contribution in [0, 0.1) is 0 Å². The van der Waals surface area contributed by atoms with E-state index in [1.54, 1.807) is 6.07 Å². The Hall–Kier alpha value is -1.59. The number of H-pyrrole nitrogens is 1. The predicted octanol–water partition coefficient (Wildman–Crippen LogP) is 2.21. The largest absolute Gasteiger partial charge is 0.513 e. The zero-order valence-corrected chi connectivity index (χ0v) is 11.9. The molecule has 0 saturated carbocycles. The highest BCUT2D eigenvalue weighted by Crippen LogP contribution is 2.20. The zero-order chi connectivity index (χ0) is 14.0. The fraction of sp³-hybridized carbons (Fsp3) is 0.385. The average Bonchev–Trinajstić information content (AvgIpc) is 2.68. The minimum Gasteiger partial charge on any atom is -0.414 e. The molecule has 0 unspecified atom stereocenters. The Morgan fingerprint density at radius 2 is 2.21 bits per heavy atom. The van der Waals surface area contributed by atoms with Gasteiger partial charge in [0.15, 0.2) is 5.82 Å². The normalized spacial score (nSPS) is 11.8. The molecule has 0 bridgehead atoms. The lowest BCUT2D eigenvalue weighted by Gasteiger charge is -2.16. The number of nitrogens with two attached hydrogens (primary N) is 1. The van der Waals surface area contributed by atoms with Crippen LogP contribution in [0.4, 0.5) is 4.79 Å². The van der Waals surface area contributed by atoms with Crippen molar-refractivity contribution in [2.24, 2.45) is 0 Å².